The van der Waals surface area contributed by atoms with E-state index in [4.69, 9.17) is 0 Å². The summed E-state index contributed by atoms with van der Waals surface area (Å²) in [6.45, 7) is 6.08. The first-order chi connectivity index (χ1) is 12.8. The second-order valence-electron chi connectivity index (χ2n) is 7.06. The number of aromatic amines is 1. The van der Waals surface area contributed by atoms with E-state index in [2.05, 4.69) is 31.0 Å². The SMILES string of the molecule is Cc1ccc(S(=O)(=O)N(C)c2cccc3c2[nH]c2c(C)ccc(C)c23)cc1. The van der Waals surface area contributed by atoms with Crippen LogP contribution in [0.25, 0.3) is 21.8 Å². The molecule has 0 radical (unpaired) electrons. The molecule has 1 N–H and O–H groups in total. The van der Waals surface area contributed by atoms with Gasteiger partial charge in [-0.3, -0.25) is 4.31 Å². The predicted octanol–water partition coefficient (Wildman–Crippen LogP) is 5.07. The van der Waals surface area contributed by atoms with Crippen molar-refractivity contribution in [3.8, 4) is 0 Å². The van der Waals surface area contributed by atoms with Crippen molar-refractivity contribution in [1.29, 1.82) is 0 Å². The van der Waals surface area contributed by atoms with Crippen LogP contribution in [0.3, 0.4) is 0 Å². The van der Waals surface area contributed by atoms with Gasteiger partial charge in [0.1, 0.15) is 0 Å². The molecule has 0 aliphatic rings. The van der Waals surface area contributed by atoms with Crippen molar-refractivity contribution in [3.63, 3.8) is 0 Å². The highest BCUT2D eigenvalue weighted by Crippen LogP contribution is 2.36. The predicted molar refractivity (Wildman–Crippen MR) is 112 cm³/mol. The summed E-state index contributed by atoms with van der Waals surface area (Å²) in [5.41, 5.74) is 5.87. The van der Waals surface area contributed by atoms with Crippen LogP contribution < -0.4 is 4.31 Å². The van der Waals surface area contributed by atoms with Crippen LogP contribution in [-0.2, 0) is 10.0 Å². The van der Waals surface area contributed by atoms with Gasteiger partial charge in [-0.15, -0.1) is 0 Å². The molecule has 1 heterocycles. The van der Waals surface area contributed by atoms with Crippen molar-refractivity contribution in [1.82, 2.24) is 4.98 Å². The molecule has 0 bridgehead atoms. The van der Waals surface area contributed by atoms with E-state index >= 15 is 0 Å². The van der Waals surface area contributed by atoms with E-state index in [1.165, 1.54) is 9.87 Å². The number of fused-ring (bicyclic) bond motifs is 3. The molecule has 0 unspecified atom stereocenters. The highest BCUT2D eigenvalue weighted by molar-refractivity contribution is 7.92. The maximum atomic E-state index is 13.1. The molecule has 0 saturated heterocycles. The van der Waals surface area contributed by atoms with Crippen LogP contribution in [0, 0.1) is 20.8 Å². The van der Waals surface area contributed by atoms with E-state index < -0.39 is 10.0 Å². The first-order valence-corrected chi connectivity index (χ1v) is 10.3. The number of sulfonamides is 1. The summed E-state index contributed by atoms with van der Waals surface area (Å²) in [5, 5.41) is 2.18. The molecule has 4 rings (SSSR count). The lowest BCUT2D eigenvalue weighted by Crippen LogP contribution is -2.26. The molecule has 0 aliphatic heterocycles. The molecule has 0 saturated carbocycles. The van der Waals surface area contributed by atoms with Gasteiger partial charge in [-0.1, -0.05) is 42.0 Å². The third-order valence-corrected chi connectivity index (χ3v) is 6.99. The zero-order chi connectivity index (χ0) is 19.3. The maximum absolute atomic E-state index is 13.1. The average Bonchev–Trinajstić information content (AvgIpc) is 3.05. The number of aryl methyl sites for hydroxylation is 3. The fourth-order valence-corrected chi connectivity index (χ4v) is 4.79. The van der Waals surface area contributed by atoms with Crippen molar-refractivity contribution < 1.29 is 8.42 Å². The number of nitrogens with zero attached hydrogens (tertiary/aromatic N) is 1. The second-order valence-corrected chi connectivity index (χ2v) is 9.03. The van der Waals surface area contributed by atoms with Gasteiger partial charge in [0.2, 0.25) is 0 Å². The van der Waals surface area contributed by atoms with Crippen molar-refractivity contribution in [2.75, 3.05) is 11.4 Å². The Hall–Kier alpha value is -2.79. The van der Waals surface area contributed by atoms with E-state index in [-0.39, 0.29) is 4.90 Å². The van der Waals surface area contributed by atoms with Gasteiger partial charge in [0, 0.05) is 23.3 Å². The number of H-pyrrole nitrogens is 1. The van der Waals surface area contributed by atoms with Crippen LogP contribution in [0.4, 0.5) is 5.69 Å². The lowest BCUT2D eigenvalue weighted by molar-refractivity contribution is 0.594. The average molecular weight is 378 g/mol. The summed E-state index contributed by atoms with van der Waals surface area (Å²) < 4.78 is 27.7. The lowest BCUT2D eigenvalue weighted by atomic mass is 10.0. The largest absolute Gasteiger partial charge is 0.353 e. The molecule has 0 spiro atoms. The van der Waals surface area contributed by atoms with Crippen LogP contribution in [0.2, 0.25) is 0 Å². The van der Waals surface area contributed by atoms with Gasteiger partial charge in [0.25, 0.3) is 10.0 Å². The maximum Gasteiger partial charge on any atom is 0.264 e. The first-order valence-electron chi connectivity index (χ1n) is 8.87. The Bertz CT molecular complexity index is 1270. The Morgan fingerprint density at radius 3 is 2.19 bits per heavy atom. The van der Waals surface area contributed by atoms with Gasteiger partial charge < -0.3 is 4.98 Å². The van der Waals surface area contributed by atoms with Gasteiger partial charge in [-0.05, 0) is 50.1 Å². The minimum absolute atomic E-state index is 0.288. The van der Waals surface area contributed by atoms with Crippen molar-refractivity contribution >= 4 is 37.5 Å². The smallest absolute Gasteiger partial charge is 0.264 e. The molecule has 138 valence electrons. The summed E-state index contributed by atoms with van der Waals surface area (Å²) in [5.74, 6) is 0. The third-order valence-electron chi connectivity index (χ3n) is 5.20. The van der Waals surface area contributed by atoms with Crippen LogP contribution in [0.5, 0.6) is 0 Å². The Kier molecular flexibility index (Phi) is 4.00. The summed E-state index contributed by atoms with van der Waals surface area (Å²) >= 11 is 0. The highest BCUT2D eigenvalue weighted by Gasteiger charge is 2.24. The van der Waals surface area contributed by atoms with E-state index in [0.29, 0.717) is 5.69 Å². The number of nitrogens with one attached hydrogen (secondary N) is 1. The molecule has 0 aliphatic carbocycles. The number of hydrogen-bond acceptors (Lipinski definition) is 2. The molecule has 4 nitrogen and oxygen atoms in total. The molecule has 3 aromatic carbocycles. The number of anilines is 1. The Labute approximate surface area is 159 Å². The van der Waals surface area contributed by atoms with Crippen LogP contribution in [-0.4, -0.2) is 20.4 Å². The third kappa shape index (κ3) is 2.70. The molecule has 5 heteroatoms. The minimum atomic E-state index is -3.64. The van der Waals surface area contributed by atoms with Crippen molar-refractivity contribution in [3.05, 3.63) is 71.3 Å². The summed E-state index contributed by atoms with van der Waals surface area (Å²) in [6.07, 6.45) is 0. The quantitative estimate of drug-likeness (QED) is 0.541. The molecular formula is C22H22N2O2S. The van der Waals surface area contributed by atoms with E-state index in [1.807, 2.05) is 37.3 Å². The fraction of sp³-hybridized carbons (Fsp3) is 0.182. The normalized spacial score (nSPS) is 12.0. The summed E-state index contributed by atoms with van der Waals surface area (Å²) in [4.78, 5) is 3.75. The number of para-hydroxylation sites is 1. The van der Waals surface area contributed by atoms with E-state index in [1.54, 1.807) is 19.2 Å². The van der Waals surface area contributed by atoms with Crippen LogP contribution >= 0.6 is 0 Å². The second kappa shape index (κ2) is 6.13. The number of benzene rings is 3. The van der Waals surface area contributed by atoms with Crippen molar-refractivity contribution in [2.24, 2.45) is 0 Å². The van der Waals surface area contributed by atoms with Gasteiger partial charge >= 0.3 is 0 Å². The molecule has 0 amide bonds. The highest BCUT2D eigenvalue weighted by atomic mass is 32.2. The van der Waals surface area contributed by atoms with Crippen LogP contribution in [0.15, 0.2) is 59.5 Å². The van der Waals surface area contributed by atoms with Crippen molar-refractivity contribution in [2.45, 2.75) is 25.7 Å². The Morgan fingerprint density at radius 2 is 1.48 bits per heavy atom. The molecule has 1 aromatic heterocycles. The fourth-order valence-electron chi connectivity index (χ4n) is 3.58. The Morgan fingerprint density at radius 1 is 0.815 bits per heavy atom. The lowest BCUT2D eigenvalue weighted by Gasteiger charge is -2.20. The monoisotopic (exact) mass is 378 g/mol. The van der Waals surface area contributed by atoms with E-state index in [0.717, 1.165) is 32.9 Å². The molecular weight excluding hydrogens is 356 g/mol. The zero-order valence-corrected chi connectivity index (χ0v) is 16.7. The van der Waals surface area contributed by atoms with Gasteiger partial charge in [-0.25, -0.2) is 8.42 Å². The van der Waals surface area contributed by atoms with Gasteiger partial charge in [0.15, 0.2) is 0 Å². The topological polar surface area (TPSA) is 53.2 Å². The van der Waals surface area contributed by atoms with Gasteiger partial charge in [-0.2, -0.15) is 0 Å². The number of rotatable bonds is 3. The number of aromatic nitrogens is 1. The standard InChI is InChI=1S/C22H22N2O2S/c1-14-8-12-17(13-9-14)27(25,26)24(4)19-7-5-6-18-20-15(2)10-11-16(3)21(20)23-22(18)19/h5-13,23H,1-4H3. The van der Waals surface area contributed by atoms with Crippen LogP contribution in [0.1, 0.15) is 16.7 Å². The first kappa shape index (κ1) is 17.6. The molecule has 0 atom stereocenters. The molecule has 27 heavy (non-hydrogen) atoms. The Balaban J connectivity index is 1.95. The minimum Gasteiger partial charge on any atom is -0.353 e. The van der Waals surface area contributed by atoms with E-state index in [9.17, 15) is 8.42 Å². The zero-order valence-electron chi connectivity index (χ0n) is 15.9. The summed E-state index contributed by atoms with van der Waals surface area (Å²) in [6, 6.07) is 16.9. The molecule has 0 fully saturated rings. The summed E-state index contributed by atoms with van der Waals surface area (Å²) in [7, 11) is -2.04. The number of hydrogen-bond donors (Lipinski definition) is 1. The van der Waals surface area contributed by atoms with Gasteiger partial charge in [0.05, 0.1) is 16.1 Å². The molecule has 4 aromatic rings.